The van der Waals surface area contributed by atoms with E-state index in [9.17, 15) is 4.79 Å². The van der Waals surface area contributed by atoms with E-state index in [4.69, 9.17) is 4.52 Å². The molecule has 3 aromatic rings. The molecule has 0 radical (unpaired) electrons. The normalized spacial score (nSPS) is 11.2. The van der Waals surface area contributed by atoms with Crippen LogP contribution in [0.1, 0.15) is 42.6 Å². The van der Waals surface area contributed by atoms with E-state index in [-0.39, 0.29) is 17.0 Å². The molecular formula is C19H21N5O2. The largest absolute Gasteiger partial charge is 0.360 e. The van der Waals surface area contributed by atoms with Crippen molar-refractivity contribution in [3.05, 3.63) is 59.6 Å². The number of para-hydroxylation sites is 1. The van der Waals surface area contributed by atoms with Gasteiger partial charge in [-0.1, -0.05) is 44.1 Å². The van der Waals surface area contributed by atoms with E-state index in [1.165, 1.54) is 6.20 Å². The van der Waals surface area contributed by atoms with E-state index < -0.39 is 0 Å². The van der Waals surface area contributed by atoms with Gasteiger partial charge in [-0.05, 0) is 30.0 Å². The van der Waals surface area contributed by atoms with Crippen LogP contribution in [0.3, 0.4) is 0 Å². The van der Waals surface area contributed by atoms with Gasteiger partial charge in [-0.2, -0.15) is 0 Å². The van der Waals surface area contributed by atoms with Crippen molar-refractivity contribution in [3.63, 3.8) is 0 Å². The average molecular weight is 351 g/mol. The summed E-state index contributed by atoms with van der Waals surface area (Å²) < 4.78 is 4.94. The molecule has 7 heteroatoms. The van der Waals surface area contributed by atoms with Crippen LogP contribution >= 0.6 is 0 Å². The molecule has 1 aromatic carbocycles. The number of hydrogen-bond acceptors (Lipinski definition) is 6. The maximum absolute atomic E-state index is 12.3. The Morgan fingerprint density at radius 1 is 1.15 bits per heavy atom. The molecule has 0 spiro atoms. The molecule has 2 heterocycles. The van der Waals surface area contributed by atoms with Gasteiger partial charge in [0, 0.05) is 18.0 Å². The minimum absolute atomic E-state index is 0.0383. The Morgan fingerprint density at radius 2 is 1.92 bits per heavy atom. The Kier molecular flexibility index (Phi) is 4.71. The lowest BCUT2D eigenvalue weighted by Gasteiger charge is -2.23. The molecule has 1 amide bonds. The van der Waals surface area contributed by atoms with E-state index in [0.29, 0.717) is 17.5 Å². The Hall–Kier alpha value is -3.22. The van der Waals surface area contributed by atoms with Gasteiger partial charge in [-0.15, -0.1) is 0 Å². The molecule has 134 valence electrons. The lowest BCUT2D eigenvalue weighted by molar-refractivity contribution is 0.102. The maximum atomic E-state index is 12.3. The molecule has 0 saturated heterocycles. The van der Waals surface area contributed by atoms with Crippen molar-refractivity contribution < 1.29 is 9.32 Å². The average Bonchev–Trinajstić information content (AvgIpc) is 2.99. The highest BCUT2D eigenvalue weighted by molar-refractivity contribution is 6.02. The van der Waals surface area contributed by atoms with E-state index in [1.807, 2.05) is 18.2 Å². The van der Waals surface area contributed by atoms with E-state index in [0.717, 1.165) is 11.3 Å². The van der Waals surface area contributed by atoms with Gasteiger partial charge in [-0.25, -0.2) is 9.97 Å². The minimum atomic E-state index is -0.382. The molecule has 3 rings (SSSR count). The van der Waals surface area contributed by atoms with Crippen LogP contribution in [0.5, 0.6) is 0 Å². The Balaban J connectivity index is 1.81. The second-order valence-corrected chi connectivity index (χ2v) is 6.96. The number of nitrogens with one attached hydrogen (secondary N) is 2. The topological polar surface area (TPSA) is 92.9 Å². The molecule has 0 aliphatic carbocycles. The number of benzene rings is 1. The van der Waals surface area contributed by atoms with Crippen LogP contribution in [0, 0.1) is 6.92 Å². The molecule has 0 saturated carbocycles. The van der Waals surface area contributed by atoms with Crippen LogP contribution in [0.2, 0.25) is 0 Å². The predicted octanol–water partition coefficient (Wildman–Crippen LogP) is 4.07. The standard InChI is InChI=1S/C19H21N5O2/c1-12-11-16(24-26-12)23-17(25)15-9-10-20-18(22-15)21-14-8-6-5-7-13(14)19(2,3)4/h5-11H,1-4H3,(H,20,21,22)(H,23,24,25). The number of hydrogen-bond donors (Lipinski definition) is 2. The van der Waals surface area contributed by atoms with Crippen LogP contribution < -0.4 is 10.6 Å². The summed E-state index contributed by atoms with van der Waals surface area (Å²) in [5.74, 6) is 0.932. The van der Waals surface area contributed by atoms with Gasteiger partial charge in [0.15, 0.2) is 5.82 Å². The van der Waals surface area contributed by atoms with Crippen LogP contribution in [-0.2, 0) is 5.41 Å². The number of amides is 1. The van der Waals surface area contributed by atoms with Crippen molar-refractivity contribution in [2.75, 3.05) is 10.6 Å². The molecular weight excluding hydrogens is 330 g/mol. The number of aromatic nitrogens is 3. The zero-order valence-electron chi connectivity index (χ0n) is 15.2. The van der Waals surface area contributed by atoms with Gasteiger partial charge in [0.25, 0.3) is 5.91 Å². The zero-order valence-corrected chi connectivity index (χ0v) is 15.2. The molecule has 2 aromatic heterocycles. The number of aryl methyl sites for hydroxylation is 1. The summed E-state index contributed by atoms with van der Waals surface area (Å²) in [6.45, 7) is 8.16. The number of rotatable bonds is 4. The number of anilines is 3. The fraction of sp³-hybridized carbons (Fsp3) is 0.263. The lowest BCUT2D eigenvalue weighted by atomic mass is 9.86. The Labute approximate surface area is 151 Å². The molecule has 2 N–H and O–H groups in total. The first-order chi connectivity index (χ1) is 12.3. The van der Waals surface area contributed by atoms with E-state index >= 15 is 0 Å². The summed E-state index contributed by atoms with van der Waals surface area (Å²) in [4.78, 5) is 20.9. The molecule has 0 fully saturated rings. The van der Waals surface area contributed by atoms with Gasteiger partial charge < -0.3 is 15.2 Å². The highest BCUT2D eigenvalue weighted by atomic mass is 16.5. The van der Waals surface area contributed by atoms with E-state index in [2.05, 4.69) is 52.6 Å². The minimum Gasteiger partial charge on any atom is -0.360 e. The summed E-state index contributed by atoms with van der Waals surface area (Å²) in [5.41, 5.74) is 2.24. The second-order valence-electron chi connectivity index (χ2n) is 6.96. The maximum Gasteiger partial charge on any atom is 0.275 e. The monoisotopic (exact) mass is 351 g/mol. The van der Waals surface area contributed by atoms with Crippen LogP contribution in [0.4, 0.5) is 17.5 Å². The summed E-state index contributed by atoms with van der Waals surface area (Å²) in [6, 6.07) is 11.2. The van der Waals surface area contributed by atoms with Crippen molar-refractivity contribution in [2.45, 2.75) is 33.1 Å². The number of carbonyl (C=O) groups is 1. The first-order valence-corrected chi connectivity index (χ1v) is 8.27. The van der Waals surface area contributed by atoms with Crippen molar-refractivity contribution >= 4 is 23.4 Å². The fourth-order valence-electron chi connectivity index (χ4n) is 2.52. The van der Waals surface area contributed by atoms with Gasteiger partial charge in [0.05, 0.1) is 0 Å². The molecule has 26 heavy (non-hydrogen) atoms. The summed E-state index contributed by atoms with van der Waals surface area (Å²) in [5, 5.41) is 9.59. The number of carbonyl (C=O) groups excluding carboxylic acids is 1. The van der Waals surface area contributed by atoms with E-state index in [1.54, 1.807) is 19.1 Å². The van der Waals surface area contributed by atoms with Crippen LogP contribution in [-0.4, -0.2) is 21.0 Å². The summed E-state index contributed by atoms with van der Waals surface area (Å²) >= 11 is 0. The van der Waals surface area contributed by atoms with Crippen molar-refractivity contribution in [1.29, 1.82) is 0 Å². The van der Waals surface area contributed by atoms with Crippen molar-refractivity contribution in [1.82, 2.24) is 15.1 Å². The molecule has 0 unspecified atom stereocenters. The summed E-state index contributed by atoms with van der Waals surface area (Å²) in [6.07, 6.45) is 1.54. The van der Waals surface area contributed by atoms with Crippen molar-refractivity contribution in [2.24, 2.45) is 0 Å². The Morgan fingerprint density at radius 3 is 2.62 bits per heavy atom. The quantitative estimate of drug-likeness (QED) is 0.736. The third kappa shape index (κ3) is 4.05. The molecule has 7 nitrogen and oxygen atoms in total. The molecule has 0 aliphatic heterocycles. The highest BCUT2D eigenvalue weighted by Crippen LogP contribution is 2.30. The molecule has 0 aliphatic rings. The fourth-order valence-corrected chi connectivity index (χ4v) is 2.52. The van der Waals surface area contributed by atoms with Gasteiger partial charge >= 0.3 is 0 Å². The number of nitrogens with zero attached hydrogens (tertiary/aromatic N) is 3. The predicted molar refractivity (Wildman–Crippen MR) is 99.6 cm³/mol. The van der Waals surface area contributed by atoms with Gasteiger partial charge in [0.2, 0.25) is 5.95 Å². The Bertz CT molecular complexity index is 927. The highest BCUT2D eigenvalue weighted by Gasteiger charge is 2.18. The summed E-state index contributed by atoms with van der Waals surface area (Å²) in [7, 11) is 0. The van der Waals surface area contributed by atoms with Gasteiger partial charge in [0.1, 0.15) is 11.5 Å². The third-order valence-corrected chi connectivity index (χ3v) is 3.74. The van der Waals surface area contributed by atoms with Gasteiger partial charge in [-0.3, -0.25) is 4.79 Å². The first kappa shape index (κ1) is 17.6. The molecule has 0 atom stereocenters. The van der Waals surface area contributed by atoms with Crippen molar-refractivity contribution in [3.8, 4) is 0 Å². The SMILES string of the molecule is Cc1cc(NC(=O)c2ccnc(Nc3ccccc3C(C)(C)C)n2)no1. The third-order valence-electron chi connectivity index (χ3n) is 3.74. The second kappa shape index (κ2) is 6.95. The zero-order chi connectivity index (χ0) is 18.7. The van der Waals surface area contributed by atoms with Crippen LogP contribution in [0.15, 0.2) is 47.1 Å². The smallest absolute Gasteiger partial charge is 0.275 e. The lowest BCUT2D eigenvalue weighted by Crippen LogP contribution is -2.16. The molecule has 0 bridgehead atoms. The van der Waals surface area contributed by atoms with Crippen LogP contribution in [0.25, 0.3) is 0 Å². The first-order valence-electron chi connectivity index (χ1n) is 8.27.